The van der Waals surface area contributed by atoms with Crippen LogP contribution in [-0.4, -0.2) is 21.8 Å². The summed E-state index contributed by atoms with van der Waals surface area (Å²) in [5.74, 6) is -0.0805. The van der Waals surface area contributed by atoms with Crippen molar-refractivity contribution in [2.24, 2.45) is 5.73 Å². The van der Waals surface area contributed by atoms with Gasteiger partial charge >= 0.3 is 0 Å². The van der Waals surface area contributed by atoms with Gasteiger partial charge in [0.25, 0.3) is 5.89 Å². The Balaban J connectivity index is 2.33. The summed E-state index contributed by atoms with van der Waals surface area (Å²) in [7, 11) is 0. The lowest BCUT2D eigenvalue weighted by atomic mass is 10.1. The number of aromatic nitrogens is 2. The molecule has 0 saturated heterocycles. The number of rotatable bonds is 3. The summed E-state index contributed by atoms with van der Waals surface area (Å²) in [4.78, 5) is 3.95. The van der Waals surface area contributed by atoms with Crippen LogP contribution in [0.1, 0.15) is 17.6 Å². The van der Waals surface area contributed by atoms with E-state index < -0.39 is 6.10 Å². The first-order valence-electron chi connectivity index (χ1n) is 5.10. The summed E-state index contributed by atoms with van der Waals surface area (Å²) < 4.78 is 18.2. The van der Waals surface area contributed by atoms with Gasteiger partial charge in [0.1, 0.15) is 11.9 Å². The lowest BCUT2D eigenvalue weighted by Gasteiger charge is -1.99. The van der Waals surface area contributed by atoms with Crippen LogP contribution in [0.5, 0.6) is 0 Å². The summed E-state index contributed by atoms with van der Waals surface area (Å²) >= 11 is 0. The molecule has 0 aliphatic rings. The van der Waals surface area contributed by atoms with Gasteiger partial charge in [0.05, 0.1) is 0 Å². The first-order chi connectivity index (χ1) is 8.11. The van der Waals surface area contributed by atoms with E-state index in [9.17, 15) is 9.50 Å². The van der Waals surface area contributed by atoms with Crippen molar-refractivity contribution in [3.05, 3.63) is 35.5 Å². The van der Waals surface area contributed by atoms with Crippen LogP contribution in [-0.2, 0) is 0 Å². The first kappa shape index (κ1) is 11.7. The highest BCUT2D eigenvalue weighted by atomic mass is 19.1. The Labute approximate surface area is 97.1 Å². The zero-order valence-electron chi connectivity index (χ0n) is 9.22. The number of benzene rings is 1. The van der Waals surface area contributed by atoms with E-state index in [2.05, 4.69) is 10.1 Å². The third-order valence-corrected chi connectivity index (χ3v) is 2.38. The van der Waals surface area contributed by atoms with E-state index in [1.54, 1.807) is 19.1 Å². The van der Waals surface area contributed by atoms with Crippen LogP contribution in [0.15, 0.2) is 22.7 Å². The lowest BCUT2D eigenvalue weighted by Crippen LogP contribution is -2.11. The molecular weight excluding hydrogens is 225 g/mol. The maximum atomic E-state index is 13.3. The van der Waals surface area contributed by atoms with E-state index in [4.69, 9.17) is 10.3 Å². The van der Waals surface area contributed by atoms with Crippen LogP contribution in [0, 0.1) is 12.7 Å². The normalized spacial score (nSPS) is 12.7. The van der Waals surface area contributed by atoms with Crippen LogP contribution >= 0.6 is 0 Å². The highest BCUT2D eigenvalue weighted by Gasteiger charge is 2.15. The van der Waals surface area contributed by atoms with Crippen molar-refractivity contribution < 1.29 is 14.0 Å². The molecule has 0 bridgehead atoms. The zero-order valence-corrected chi connectivity index (χ0v) is 9.22. The maximum Gasteiger partial charge on any atom is 0.257 e. The molecule has 1 aromatic heterocycles. The molecule has 3 N–H and O–H groups in total. The second kappa shape index (κ2) is 4.60. The van der Waals surface area contributed by atoms with E-state index in [1.165, 1.54) is 6.07 Å². The zero-order chi connectivity index (χ0) is 12.4. The number of hydrogen-bond acceptors (Lipinski definition) is 5. The average Bonchev–Trinajstić information content (AvgIpc) is 2.81. The van der Waals surface area contributed by atoms with Crippen molar-refractivity contribution in [2.45, 2.75) is 13.0 Å². The molecule has 6 heteroatoms. The number of aliphatic hydroxyl groups is 1. The van der Waals surface area contributed by atoms with Crippen LogP contribution in [0.2, 0.25) is 0 Å². The molecule has 0 spiro atoms. The quantitative estimate of drug-likeness (QED) is 0.837. The van der Waals surface area contributed by atoms with Gasteiger partial charge in [0.15, 0.2) is 0 Å². The molecule has 5 nitrogen and oxygen atoms in total. The Kier molecular flexibility index (Phi) is 3.16. The third-order valence-electron chi connectivity index (χ3n) is 2.38. The molecule has 1 heterocycles. The van der Waals surface area contributed by atoms with Crippen LogP contribution < -0.4 is 5.73 Å². The molecule has 2 aromatic rings. The number of halogens is 1. The van der Waals surface area contributed by atoms with Crippen LogP contribution in [0.4, 0.5) is 4.39 Å². The summed E-state index contributed by atoms with van der Waals surface area (Å²) in [6.45, 7) is 1.66. The predicted molar refractivity (Wildman–Crippen MR) is 58.4 cm³/mol. The number of hydrogen-bond donors (Lipinski definition) is 2. The number of aliphatic hydroxyl groups excluding tert-OH is 1. The topological polar surface area (TPSA) is 85.2 Å². The molecule has 0 amide bonds. The minimum absolute atomic E-state index is 0.0100. The van der Waals surface area contributed by atoms with Crippen LogP contribution in [0.25, 0.3) is 11.4 Å². The van der Waals surface area contributed by atoms with E-state index in [0.29, 0.717) is 11.1 Å². The first-order valence-corrected chi connectivity index (χ1v) is 5.10. The average molecular weight is 237 g/mol. The fraction of sp³-hybridized carbons (Fsp3) is 0.273. The largest absolute Gasteiger partial charge is 0.382 e. The Bertz CT molecular complexity index is 527. The molecule has 2 rings (SSSR count). The summed E-state index contributed by atoms with van der Waals surface area (Å²) in [6.07, 6.45) is -0.994. The number of nitrogens with zero attached hydrogens (tertiary/aromatic N) is 2. The van der Waals surface area contributed by atoms with Gasteiger partial charge in [0, 0.05) is 12.1 Å². The van der Waals surface area contributed by atoms with Crippen molar-refractivity contribution in [2.75, 3.05) is 6.54 Å². The lowest BCUT2D eigenvalue weighted by molar-refractivity contribution is 0.141. The summed E-state index contributed by atoms with van der Waals surface area (Å²) in [5, 5.41) is 13.1. The Hall–Kier alpha value is -1.79. The summed E-state index contributed by atoms with van der Waals surface area (Å²) in [5.41, 5.74) is 6.29. The Morgan fingerprint density at radius 1 is 1.53 bits per heavy atom. The predicted octanol–water partition coefficient (Wildman–Crippen LogP) is 1.18. The van der Waals surface area contributed by atoms with Crippen molar-refractivity contribution in [1.29, 1.82) is 0 Å². The van der Waals surface area contributed by atoms with Gasteiger partial charge in [-0.25, -0.2) is 4.39 Å². The van der Waals surface area contributed by atoms with Gasteiger partial charge in [-0.1, -0.05) is 17.3 Å². The number of nitrogens with two attached hydrogens (primary N) is 1. The number of aryl methyl sites for hydroxylation is 1. The fourth-order valence-corrected chi connectivity index (χ4v) is 1.32. The molecule has 1 aromatic carbocycles. The molecule has 90 valence electrons. The van der Waals surface area contributed by atoms with Gasteiger partial charge in [0.2, 0.25) is 5.82 Å². The monoisotopic (exact) mass is 237 g/mol. The highest BCUT2D eigenvalue weighted by molar-refractivity contribution is 5.54. The minimum Gasteiger partial charge on any atom is -0.382 e. The van der Waals surface area contributed by atoms with Gasteiger partial charge in [-0.2, -0.15) is 4.98 Å². The van der Waals surface area contributed by atoms with Crippen molar-refractivity contribution >= 4 is 0 Å². The van der Waals surface area contributed by atoms with E-state index in [1.807, 2.05) is 0 Å². The molecule has 17 heavy (non-hydrogen) atoms. The smallest absolute Gasteiger partial charge is 0.257 e. The molecule has 0 unspecified atom stereocenters. The van der Waals surface area contributed by atoms with Crippen molar-refractivity contribution in [1.82, 2.24) is 10.1 Å². The van der Waals surface area contributed by atoms with Crippen molar-refractivity contribution in [3.8, 4) is 11.4 Å². The van der Waals surface area contributed by atoms with Crippen LogP contribution in [0.3, 0.4) is 0 Å². The Morgan fingerprint density at radius 3 is 2.94 bits per heavy atom. The van der Waals surface area contributed by atoms with Gasteiger partial charge in [-0.05, 0) is 18.6 Å². The molecular formula is C11H12FN3O2. The van der Waals surface area contributed by atoms with Gasteiger partial charge in [-0.3, -0.25) is 0 Å². The maximum absolute atomic E-state index is 13.3. The fourth-order valence-electron chi connectivity index (χ4n) is 1.32. The van der Waals surface area contributed by atoms with E-state index in [0.717, 1.165) is 0 Å². The molecule has 0 aliphatic carbocycles. The third kappa shape index (κ3) is 2.32. The SMILES string of the molecule is Cc1ccc(-c2noc([C@@H](O)CN)n2)cc1F. The van der Waals surface area contributed by atoms with Crippen molar-refractivity contribution in [3.63, 3.8) is 0 Å². The molecule has 1 atom stereocenters. The molecule has 0 fully saturated rings. The second-order valence-corrected chi connectivity index (χ2v) is 3.67. The second-order valence-electron chi connectivity index (χ2n) is 3.67. The highest BCUT2D eigenvalue weighted by Crippen LogP contribution is 2.20. The molecule has 0 aliphatic heterocycles. The van der Waals surface area contributed by atoms with Gasteiger partial charge in [-0.15, -0.1) is 0 Å². The standard InChI is InChI=1S/C11H12FN3O2/c1-6-2-3-7(4-8(6)12)10-14-11(17-15-10)9(16)5-13/h2-4,9,16H,5,13H2,1H3/t9-/m0/s1. The summed E-state index contributed by atoms with van der Waals surface area (Å²) in [6, 6.07) is 4.63. The van der Waals surface area contributed by atoms with E-state index >= 15 is 0 Å². The van der Waals surface area contributed by atoms with E-state index in [-0.39, 0.29) is 24.1 Å². The minimum atomic E-state index is -0.994. The molecule has 0 radical (unpaired) electrons. The molecule has 0 saturated carbocycles. The Morgan fingerprint density at radius 2 is 2.29 bits per heavy atom. The van der Waals surface area contributed by atoms with Gasteiger partial charge < -0.3 is 15.4 Å².